The number of rotatable bonds is 8. The number of aryl methyl sites for hydroxylation is 2. The van der Waals surface area contributed by atoms with Crippen molar-refractivity contribution in [1.82, 2.24) is 15.1 Å². The molecule has 0 spiro atoms. The molecule has 1 aromatic heterocycles. The summed E-state index contributed by atoms with van der Waals surface area (Å²) < 4.78 is 14.6. The number of aromatic nitrogens is 2. The molecule has 3 rings (SSSR count). The van der Waals surface area contributed by atoms with Crippen LogP contribution in [0.1, 0.15) is 29.7 Å². The molecule has 0 bridgehead atoms. The molecular formula is C22H22FN5O2. The van der Waals surface area contributed by atoms with E-state index in [1.54, 1.807) is 18.2 Å². The SMILES string of the molecule is N#Cc1c(CCCNC(=O)CCc2ccccc2O)nn(-c2ccc(F)cc2)c1N. The highest BCUT2D eigenvalue weighted by Gasteiger charge is 2.16. The molecule has 1 heterocycles. The van der Waals surface area contributed by atoms with Gasteiger partial charge in [-0.1, -0.05) is 18.2 Å². The second-order valence-corrected chi connectivity index (χ2v) is 6.79. The second-order valence-electron chi connectivity index (χ2n) is 6.79. The Morgan fingerprint density at radius 2 is 1.93 bits per heavy atom. The zero-order valence-electron chi connectivity index (χ0n) is 16.3. The monoisotopic (exact) mass is 407 g/mol. The molecular weight excluding hydrogens is 385 g/mol. The van der Waals surface area contributed by atoms with E-state index in [1.807, 2.05) is 6.07 Å². The molecule has 0 aliphatic heterocycles. The van der Waals surface area contributed by atoms with Gasteiger partial charge in [0, 0.05) is 13.0 Å². The van der Waals surface area contributed by atoms with Crippen molar-refractivity contribution >= 4 is 11.7 Å². The number of nitrogens with one attached hydrogen (secondary N) is 1. The first-order valence-corrected chi connectivity index (χ1v) is 9.56. The number of carbonyl (C=O) groups is 1. The van der Waals surface area contributed by atoms with Crippen LogP contribution in [0.3, 0.4) is 0 Å². The Hall–Kier alpha value is -3.86. The summed E-state index contributed by atoms with van der Waals surface area (Å²) in [6.45, 7) is 0.424. The quantitative estimate of drug-likeness (QED) is 0.497. The molecule has 0 aliphatic rings. The van der Waals surface area contributed by atoms with Gasteiger partial charge in [-0.3, -0.25) is 4.79 Å². The normalized spacial score (nSPS) is 10.5. The van der Waals surface area contributed by atoms with Crippen LogP contribution < -0.4 is 11.1 Å². The van der Waals surface area contributed by atoms with Crippen LogP contribution in [0, 0.1) is 17.1 Å². The second kappa shape index (κ2) is 9.56. The minimum atomic E-state index is -0.372. The van der Waals surface area contributed by atoms with Crippen molar-refractivity contribution in [2.24, 2.45) is 0 Å². The van der Waals surface area contributed by atoms with E-state index in [4.69, 9.17) is 5.73 Å². The Balaban J connectivity index is 1.53. The van der Waals surface area contributed by atoms with E-state index in [0.29, 0.717) is 37.2 Å². The summed E-state index contributed by atoms with van der Waals surface area (Å²) in [5, 5.41) is 26.4. The number of phenols is 1. The molecule has 1 amide bonds. The molecule has 8 heteroatoms. The highest BCUT2D eigenvalue weighted by atomic mass is 19.1. The molecule has 4 N–H and O–H groups in total. The Morgan fingerprint density at radius 3 is 2.63 bits per heavy atom. The lowest BCUT2D eigenvalue weighted by Crippen LogP contribution is -2.25. The highest BCUT2D eigenvalue weighted by Crippen LogP contribution is 2.22. The fourth-order valence-corrected chi connectivity index (χ4v) is 3.10. The number of carbonyl (C=O) groups excluding carboxylic acids is 1. The van der Waals surface area contributed by atoms with Crippen LogP contribution in [0.4, 0.5) is 10.2 Å². The molecule has 30 heavy (non-hydrogen) atoms. The van der Waals surface area contributed by atoms with Crippen molar-refractivity contribution in [1.29, 1.82) is 5.26 Å². The van der Waals surface area contributed by atoms with E-state index in [2.05, 4.69) is 16.5 Å². The molecule has 0 radical (unpaired) electrons. The zero-order valence-corrected chi connectivity index (χ0v) is 16.3. The third-order valence-electron chi connectivity index (χ3n) is 4.70. The smallest absolute Gasteiger partial charge is 0.220 e. The number of hydrogen-bond acceptors (Lipinski definition) is 5. The lowest BCUT2D eigenvalue weighted by molar-refractivity contribution is -0.121. The van der Waals surface area contributed by atoms with E-state index in [-0.39, 0.29) is 35.3 Å². The van der Waals surface area contributed by atoms with Crippen molar-refractivity contribution in [2.45, 2.75) is 25.7 Å². The predicted octanol–water partition coefficient (Wildman–Crippen LogP) is 2.85. The van der Waals surface area contributed by atoms with Crippen LogP contribution in [0.5, 0.6) is 5.75 Å². The first-order chi connectivity index (χ1) is 14.5. The minimum Gasteiger partial charge on any atom is -0.508 e. The molecule has 0 fully saturated rings. The van der Waals surface area contributed by atoms with Crippen LogP contribution in [0.15, 0.2) is 48.5 Å². The van der Waals surface area contributed by atoms with Gasteiger partial charge in [-0.05, 0) is 55.2 Å². The number of nitriles is 1. The predicted molar refractivity (Wildman–Crippen MR) is 110 cm³/mol. The van der Waals surface area contributed by atoms with E-state index in [9.17, 15) is 19.6 Å². The average Bonchev–Trinajstić information content (AvgIpc) is 3.06. The molecule has 0 saturated carbocycles. The largest absolute Gasteiger partial charge is 0.508 e. The van der Waals surface area contributed by atoms with Crippen LogP contribution in [0.2, 0.25) is 0 Å². The lowest BCUT2D eigenvalue weighted by atomic mass is 10.1. The van der Waals surface area contributed by atoms with Crippen LogP contribution in [0.25, 0.3) is 5.69 Å². The summed E-state index contributed by atoms with van der Waals surface area (Å²) in [6.07, 6.45) is 1.76. The maximum Gasteiger partial charge on any atom is 0.220 e. The van der Waals surface area contributed by atoms with Gasteiger partial charge in [0.15, 0.2) is 0 Å². The van der Waals surface area contributed by atoms with Crippen molar-refractivity contribution in [3.8, 4) is 17.5 Å². The number of nitrogens with two attached hydrogens (primary N) is 1. The van der Waals surface area contributed by atoms with Crippen LogP contribution in [-0.4, -0.2) is 27.3 Å². The summed E-state index contributed by atoms with van der Waals surface area (Å²) in [7, 11) is 0. The summed E-state index contributed by atoms with van der Waals surface area (Å²) in [4.78, 5) is 12.0. The van der Waals surface area contributed by atoms with Crippen molar-refractivity contribution in [3.63, 3.8) is 0 Å². The molecule has 0 atom stereocenters. The molecule has 0 saturated heterocycles. The number of anilines is 1. The number of phenolic OH excluding ortho intramolecular Hbond substituents is 1. The maximum absolute atomic E-state index is 13.1. The zero-order chi connectivity index (χ0) is 21.5. The fourth-order valence-electron chi connectivity index (χ4n) is 3.10. The Labute approximate surface area is 173 Å². The van der Waals surface area contributed by atoms with Crippen LogP contribution >= 0.6 is 0 Å². The number of benzene rings is 2. The van der Waals surface area contributed by atoms with Crippen LogP contribution in [-0.2, 0) is 17.6 Å². The standard InChI is InChI=1S/C22H22FN5O2/c23-16-8-10-17(11-9-16)28-22(25)18(14-24)19(27-28)5-3-13-26-21(30)12-7-15-4-1-2-6-20(15)29/h1-2,4,6,8-11,29H,3,5,7,12-13,25H2,(H,26,30). The summed E-state index contributed by atoms with van der Waals surface area (Å²) >= 11 is 0. The van der Waals surface area contributed by atoms with Gasteiger partial charge in [0.25, 0.3) is 0 Å². The number of hydrogen-bond donors (Lipinski definition) is 3. The van der Waals surface area contributed by atoms with Crippen molar-refractivity contribution < 1.29 is 14.3 Å². The first kappa shape index (κ1) is 20.9. The number of nitrogens with zero attached hydrogens (tertiary/aromatic N) is 3. The minimum absolute atomic E-state index is 0.116. The van der Waals surface area contributed by atoms with Gasteiger partial charge in [0.1, 0.15) is 29.0 Å². The van der Waals surface area contributed by atoms with Gasteiger partial charge in [0.2, 0.25) is 5.91 Å². The lowest BCUT2D eigenvalue weighted by Gasteiger charge is -2.06. The van der Waals surface area contributed by atoms with Gasteiger partial charge >= 0.3 is 0 Å². The third-order valence-corrected chi connectivity index (χ3v) is 4.70. The summed E-state index contributed by atoms with van der Waals surface area (Å²) in [5.74, 6) is -0.104. The molecule has 7 nitrogen and oxygen atoms in total. The van der Waals surface area contributed by atoms with Gasteiger partial charge in [0.05, 0.1) is 11.4 Å². The van der Waals surface area contributed by atoms with Gasteiger partial charge in [-0.25, -0.2) is 9.07 Å². The molecule has 154 valence electrons. The highest BCUT2D eigenvalue weighted by molar-refractivity contribution is 5.76. The maximum atomic E-state index is 13.1. The van der Waals surface area contributed by atoms with E-state index >= 15 is 0 Å². The number of amides is 1. The van der Waals surface area contributed by atoms with Crippen molar-refractivity contribution in [2.75, 3.05) is 12.3 Å². The van der Waals surface area contributed by atoms with Gasteiger partial charge in [-0.2, -0.15) is 10.4 Å². The Bertz CT molecular complexity index is 1070. The van der Waals surface area contributed by atoms with Crippen molar-refractivity contribution in [3.05, 3.63) is 71.2 Å². The summed E-state index contributed by atoms with van der Waals surface area (Å²) in [6, 6.07) is 14.7. The number of nitrogen functional groups attached to an aromatic ring is 1. The molecule has 0 aliphatic carbocycles. The number of para-hydroxylation sites is 1. The number of halogens is 1. The Morgan fingerprint density at radius 1 is 1.20 bits per heavy atom. The average molecular weight is 407 g/mol. The molecule has 3 aromatic rings. The van der Waals surface area contributed by atoms with Gasteiger partial charge in [-0.15, -0.1) is 0 Å². The summed E-state index contributed by atoms with van der Waals surface area (Å²) in [5.41, 5.74) is 8.14. The molecule has 0 unspecified atom stereocenters. The fraction of sp³-hybridized carbons (Fsp3) is 0.227. The number of aromatic hydroxyl groups is 1. The van der Waals surface area contributed by atoms with E-state index in [1.165, 1.54) is 28.9 Å². The third kappa shape index (κ3) is 4.94. The Kier molecular flexibility index (Phi) is 6.65. The van der Waals surface area contributed by atoms with Gasteiger partial charge < -0.3 is 16.2 Å². The topological polar surface area (TPSA) is 117 Å². The van der Waals surface area contributed by atoms with E-state index in [0.717, 1.165) is 5.56 Å². The molecule has 2 aromatic carbocycles. The van der Waals surface area contributed by atoms with E-state index < -0.39 is 0 Å². The first-order valence-electron chi connectivity index (χ1n) is 9.56.